The lowest BCUT2D eigenvalue weighted by Gasteiger charge is -2.11. The Morgan fingerprint density at radius 3 is 2.58 bits per heavy atom. The fraction of sp³-hybridized carbons (Fsp3) is 0.385. The normalized spacial score (nSPS) is 11.8. The molecular weight excluding hydrogens is 266 g/mol. The molecule has 1 aromatic rings. The Labute approximate surface area is 117 Å². The highest BCUT2D eigenvalue weighted by Gasteiger charge is 2.09. The Morgan fingerprint density at radius 1 is 1.32 bits per heavy atom. The molecule has 2 amide bonds. The van der Waals surface area contributed by atoms with Gasteiger partial charge in [-0.1, -0.05) is 18.5 Å². The van der Waals surface area contributed by atoms with Crippen LogP contribution in [0.2, 0.25) is 5.02 Å². The smallest absolute Gasteiger partial charge is 0.225 e. The number of nitrogens with one attached hydrogen (secondary N) is 2. The second kappa shape index (κ2) is 7.11. The van der Waals surface area contributed by atoms with Gasteiger partial charge in [-0.05, 0) is 25.1 Å². The Bertz CT molecular complexity index is 475. The molecular formula is C13H18ClN3O2. The number of benzene rings is 1. The van der Waals surface area contributed by atoms with Gasteiger partial charge < -0.3 is 16.4 Å². The van der Waals surface area contributed by atoms with E-state index in [1.807, 2.05) is 0 Å². The maximum Gasteiger partial charge on any atom is 0.225 e. The molecule has 1 atom stereocenters. The summed E-state index contributed by atoms with van der Waals surface area (Å²) in [7, 11) is 0. The van der Waals surface area contributed by atoms with Crippen molar-refractivity contribution in [3.63, 3.8) is 0 Å². The SMILES string of the molecule is CCC(=O)Nc1ccc(Cl)c(NC(=O)CC(C)N)c1. The van der Waals surface area contributed by atoms with Crippen molar-refractivity contribution in [3.8, 4) is 0 Å². The first-order chi connectivity index (χ1) is 8.92. The second-order valence-electron chi connectivity index (χ2n) is 4.33. The highest BCUT2D eigenvalue weighted by molar-refractivity contribution is 6.33. The number of amides is 2. The van der Waals surface area contributed by atoms with Crippen LogP contribution in [0.1, 0.15) is 26.7 Å². The fourth-order valence-corrected chi connectivity index (χ4v) is 1.61. The average molecular weight is 284 g/mol. The summed E-state index contributed by atoms with van der Waals surface area (Å²) in [4.78, 5) is 22.9. The molecule has 0 aliphatic heterocycles. The van der Waals surface area contributed by atoms with Crippen LogP contribution in [0.5, 0.6) is 0 Å². The lowest BCUT2D eigenvalue weighted by molar-refractivity contribution is -0.117. The summed E-state index contributed by atoms with van der Waals surface area (Å²) in [6, 6.07) is 4.70. The van der Waals surface area contributed by atoms with E-state index in [1.54, 1.807) is 32.0 Å². The van der Waals surface area contributed by atoms with E-state index in [2.05, 4.69) is 10.6 Å². The largest absolute Gasteiger partial charge is 0.327 e. The second-order valence-corrected chi connectivity index (χ2v) is 4.73. The summed E-state index contributed by atoms with van der Waals surface area (Å²) in [5.41, 5.74) is 6.60. The van der Waals surface area contributed by atoms with Gasteiger partial charge in [-0.3, -0.25) is 9.59 Å². The zero-order valence-corrected chi connectivity index (χ0v) is 11.8. The van der Waals surface area contributed by atoms with Crippen molar-refractivity contribution in [1.82, 2.24) is 0 Å². The van der Waals surface area contributed by atoms with Crippen molar-refractivity contribution in [3.05, 3.63) is 23.2 Å². The van der Waals surface area contributed by atoms with Crippen LogP contribution < -0.4 is 16.4 Å². The first-order valence-corrected chi connectivity index (χ1v) is 6.45. The van der Waals surface area contributed by atoms with Crippen molar-refractivity contribution in [1.29, 1.82) is 0 Å². The molecule has 0 aliphatic carbocycles. The van der Waals surface area contributed by atoms with E-state index >= 15 is 0 Å². The predicted octanol–water partition coefficient (Wildman–Crippen LogP) is 2.36. The maximum absolute atomic E-state index is 11.6. The maximum atomic E-state index is 11.6. The molecule has 104 valence electrons. The number of carbonyl (C=O) groups is 2. The third-order valence-corrected chi connectivity index (χ3v) is 2.68. The zero-order chi connectivity index (χ0) is 14.4. The standard InChI is InChI=1S/C13H18ClN3O2/c1-3-12(18)16-9-4-5-10(14)11(7-9)17-13(19)6-8(2)15/h4-5,7-8H,3,6,15H2,1-2H3,(H,16,18)(H,17,19). The summed E-state index contributed by atoms with van der Waals surface area (Å²) in [5.74, 6) is -0.314. The third-order valence-electron chi connectivity index (χ3n) is 2.35. The molecule has 6 heteroatoms. The van der Waals surface area contributed by atoms with E-state index in [0.29, 0.717) is 22.8 Å². The molecule has 1 rings (SSSR count). The minimum atomic E-state index is -0.221. The van der Waals surface area contributed by atoms with E-state index in [1.165, 1.54) is 0 Å². The lowest BCUT2D eigenvalue weighted by atomic mass is 10.2. The molecule has 0 aliphatic rings. The van der Waals surface area contributed by atoms with E-state index in [0.717, 1.165) is 0 Å². The van der Waals surface area contributed by atoms with Crippen LogP contribution in [0, 0.1) is 0 Å². The summed E-state index contributed by atoms with van der Waals surface area (Å²) in [5, 5.41) is 5.78. The van der Waals surface area contributed by atoms with Gasteiger partial charge in [0.15, 0.2) is 0 Å². The molecule has 5 nitrogen and oxygen atoms in total. The molecule has 0 saturated carbocycles. The van der Waals surface area contributed by atoms with E-state index in [4.69, 9.17) is 17.3 Å². The third kappa shape index (κ3) is 5.28. The summed E-state index contributed by atoms with van der Waals surface area (Å²) < 4.78 is 0. The Hall–Kier alpha value is -1.59. The van der Waals surface area contributed by atoms with Crippen molar-refractivity contribution in [2.75, 3.05) is 10.6 Å². The van der Waals surface area contributed by atoms with E-state index in [9.17, 15) is 9.59 Å². The van der Waals surface area contributed by atoms with Crippen LogP contribution in [-0.2, 0) is 9.59 Å². The van der Waals surface area contributed by atoms with E-state index < -0.39 is 0 Å². The van der Waals surface area contributed by atoms with Crippen LogP contribution in [0.25, 0.3) is 0 Å². The van der Waals surface area contributed by atoms with Crippen molar-refractivity contribution < 1.29 is 9.59 Å². The molecule has 0 saturated heterocycles. The number of rotatable bonds is 5. The fourth-order valence-electron chi connectivity index (χ4n) is 1.44. The first-order valence-electron chi connectivity index (χ1n) is 6.07. The van der Waals surface area contributed by atoms with Gasteiger partial charge in [0.05, 0.1) is 10.7 Å². The molecule has 0 fully saturated rings. The Morgan fingerprint density at radius 2 is 2.00 bits per heavy atom. The molecule has 19 heavy (non-hydrogen) atoms. The summed E-state index contributed by atoms with van der Waals surface area (Å²) >= 11 is 5.99. The van der Waals surface area contributed by atoms with Gasteiger partial charge in [0.1, 0.15) is 0 Å². The number of hydrogen-bond acceptors (Lipinski definition) is 3. The number of nitrogens with two attached hydrogens (primary N) is 1. The van der Waals surface area contributed by atoms with E-state index in [-0.39, 0.29) is 24.3 Å². The van der Waals surface area contributed by atoms with Gasteiger partial charge in [0.2, 0.25) is 11.8 Å². The van der Waals surface area contributed by atoms with Gasteiger partial charge in [-0.2, -0.15) is 0 Å². The summed E-state index contributed by atoms with van der Waals surface area (Å²) in [6.45, 7) is 3.51. The van der Waals surface area contributed by atoms with Crippen LogP contribution in [0.4, 0.5) is 11.4 Å². The monoisotopic (exact) mass is 283 g/mol. The number of anilines is 2. The highest BCUT2D eigenvalue weighted by atomic mass is 35.5. The van der Waals surface area contributed by atoms with Crippen LogP contribution in [0.15, 0.2) is 18.2 Å². The lowest BCUT2D eigenvalue weighted by Crippen LogP contribution is -2.24. The number of hydrogen-bond donors (Lipinski definition) is 3. The molecule has 0 spiro atoms. The van der Waals surface area contributed by atoms with Gasteiger partial charge in [-0.15, -0.1) is 0 Å². The minimum Gasteiger partial charge on any atom is -0.327 e. The quantitative estimate of drug-likeness (QED) is 0.775. The van der Waals surface area contributed by atoms with Gasteiger partial charge >= 0.3 is 0 Å². The molecule has 0 bridgehead atoms. The summed E-state index contributed by atoms with van der Waals surface area (Å²) in [6.07, 6.45) is 0.594. The topological polar surface area (TPSA) is 84.2 Å². The van der Waals surface area contributed by atoms with Gasteiger partial charge in [0.25, 0.3) is 0 Å². The number of halogens is 1. The number of carbonyl (C=O) groups excluding carboxylic acids is 2. The molecule has 0 aromatic heterocycles. The van der Waals surface area contributed by atoms with Crippen molar-refractivity contribution >= 4 is 34.8 Å². The van der Waals surface area contributed by atoms with Crippen molar-refractivity contribution in [2.24, 2.45) is 5.73 Å². The minimum absolute atomic E-state index is 0.102. The highest BCUT2D eigenvalue weighted by Crippen LogP contribution is 2.25. The van der Waals surface area contributed by atoms with Crippen LogP contribution >= 0.6 is 11.6 Å². The van der Waals surface area contributed by atoms with Gasteiger partial charge in [-0.25, -0.2) is 0 Å². The Kier molecular flexibility index (Phi) is 5.79. The molecule has 4 N–H and O–H groups in total. The molecule has 1 unspecified atom stereocenters. The average Bonchev–Trinajstić information content (AvgIpc) is 2.32. The molecule has 0 radical (unpaired) electrons. The van der Waals surface area contributed by atoms with Crippen LogP contribution in [-0.4, -0.2) is 17.9 Å². The zero-order valence-electron chi connectivity index (χ0n) is 11.0. The first kappa shape index (κ1) is 15.5. The van der Waals surface area contributed by atoms with Gasteiger partial charge in [0, 0.05) is 24.6 Å². The predicted molar refractivity (Wildman–Crippen MR) is 77.3 cm³/mol. The molecule has 1 aromatic carbocycles. The van der Waals surface area contributed by atoms with Crippen LogP contribution in [0.3, 0.4) is 0 Å². The molecule has 0 heterocycles. The van der Waals surface area contributed by atoms with Crippen molar-refractivity contribution in [2.45, 2.75) is 32.7 Å². The Balaban J connectivity index is 2.79.